The van der Waals surface area contributed by atoms with E-state index >= 15 is 0 Å². The zero-order chi connectivity index (χ0) is 19.4. The van der Waals surface area contributed by atoms with Gasteiger partial charge in [0.2, 0.25) is 11.8 Å². The molecule has 1 fully saturated rings. The van der Waals surface area contributed by atoms with Crippen LogP contribution in [-0.2, 0) is 9.59 Å². The Balaban J connectivity index is 1.65. The van der Waals surface area contributed by atoms with Gasteiger partial charge in [0.15, 0.2) is 5.17 Å². The van der Waals surface area contributed by atoms with Gasteiger partial charge < -0.3 is 10.6 Å². The van der Waals surface area contributed by atoms with E-state index < -0.39 is 5.25 Å². The largest absolute Gasteiger partial charge is 0.325 e. The topological polar surface area (TPSA) is 82.9 Å². The van der Waals surface area contributed by atoms with Gasteiger partial charge in [-0.05, 0) is 24.3 Å². The summed E-state index contributed by atoms with van der Waals surface area (Å²) in [5.74, 6) is -0.134. The number of carbonyl (C=O) groups is 2. The molecule has 7 heteroatoms. The van der Waals surface area contributed by atoms with Crippen LogP contribution in [0.5, 0.6) is 0 Å². The zero-order valence-corrected chi connectivity index (χ0v) is 16.3. The van der Waals surface area contributed by atoms with Crippen molar-refractivity contribution in [1.82, 2.24) is 5.32 Å². The van der Waals surface area contributed by atoms with Crippen LogP contribution in [0.15, 0.2) is 52.7 Å². The number of carbonyl (C=O) groups excluding carboxylic acids is 2. The Labute approximate surface area is 162 Å². The van der Waals surface area contributed by atoms with E-state index in [0.29, 0.717) is 11.1 Å². The van der Waals surface area contributed by atoms with Gasteiger partial charge in [-0.25, -0.2) is 0 Å². The van der Waals surface area contributed by atoms with Gasteiger partial charge in [0.25, 0.3) is 0 Å². The summed E-state index contributed by atoms with van der Waals surface area (Å²) in [6, 6.07) is 13.6. The van der Waals surface area contributed by atoms with Crippen LogP contribution >= 0.6 is 11.8 Å². The third-order valence-corrected chi connectivity index (χ3v) is 5.42. The van der Waals surface area contributed by atoms with Gasteiger partial charge in [0, 0.05) is 23.2 Å². The Kier molecular flexibility index (Phi) is 5.91. The molecule has 0 saturated carbocycles. The van der Waals surface area contributed by atoms with Crippen molar-refractivity contribution in [1.29, 1.82) is 0 Å². The molecular weight excluding hydrogens is 360 g/mol. The number of rotatable bonds is 5. The first-order chi connectivity index (χ1) is 12.9. The minimum Gasteiger partial charge on any atom is -0.325 e. The van der Waals surface area contributed by atoms with Crippen molar-refractivity contribution < 1.29 is 9.59 Å². The smallest absolute Gasteiger partial charge is 0.240 e. The standard InChI is InChI=1S/C20H22N4O2S/c1-12(2)13(3)23-24-20-22-19(26)17(27-20)11-18(25)21-16-10-6-8-14-7-4-5-9-15(14)16/h4-10,12,17H,11H2,1-3H3,(H,21,25)(H,22,24,26)/b23-13-/t17-/m1/s1. The summed E-state index contributed by atoms with van der Waals surface area (Å²) in [5.41, 5.74) is 1.63. The Morgan fingerprint density at radius 2 is 1.96 bits per heavy atom. The minimum absolute atomic E-state index is 0.0750. The molecule has 0 bridgehead atoms. The van der Waals surface area contributed by atoms with E-state index in [1.165, 1.54) is 11.8 Å². The van der Waals surface area contributed by atoms with E-state index in [1.807, 2.05) is 63.2 Å². The van der Waals surface area contributed by atoms with Gasteiger partial charge in [-0.2, -0.15) is 5.10 Å². The normalized spacial score (nSPS) is 19.0. The first kappa shape index (κ1) is 19.1. The molecule has 140 valence electrons. The quantitative estimate of drug-likeness (QED) is 0.610. The lowest BCUT2D eigenvalue weighted by Crippen LogP contribution is -2.28. The molecule has 0 aromatic heterocycles. The lowest BCUT2D eigenvalue weighted by molar-refractivity contribution is -0.122. The number of hydrogen-bond donors (Lipinski definition) is 2. The van der Waals surface area contributed by atoms with Gasteiger partial charge in [-0.3, -0.25) is 9.59 Å². The highest BCUT2D eigenvalue weighted by atomic mass is 32.2. The Hall–Kier alpha value is -2.67. The summed E-state index contributed by atoms with van der Waals surface area (Å²) >= 11 is 1.24. The fraction of sp³-hybridized carbons (Fsp3) is 0.300. The number of amidine groups is 1. The summed E-state index contributed by atoms with van der Waals surface area (Å²) in [7, 11) is 0. The molecule has 1 heterocycles. The highest BCUT2D eigenvalue weighted by Gasteiger charge is 2.32. The number of nitrogens with zero attached hydrogens (tertiary/aromatic N) is 2. The van der Waals surface area contributed by atoms with E-state index in [9.17, 15) is 9.59 Å². The Bertz CT molecular complexity index is 931. The zero-order valence-electron chi connectivity index (χ0n) is 15.5. The van der Waals surface area contributed by atoms with Crippen LogP contribution in [0.25, 0.3) is 10.8 Å². The van der Waals surface area contributed by atoms with Crippen LogP contribution in [0, 0.1) is 5.92 Å². The molecule has 0 spiro atoms. The van der Waals surface area contributed by atoms with Crippen LogP contribution in [0.3, 0.4) is 0 Å². The highest BCUT2D eigenvalue weighted by Crippen LogP contribution is 2.26. The number of thioether (sulfide) groups is 1. The van der Waals surface area contributed by atoms with Crippen molar-refractivity contribution in [2.24, 2.45) is 16.1 Å². The van der Waals surface area contributed by atoms with Gasteiger partial charge in [0.05, 0.1) is 0 Å². The van der Waals surface area contributed by atoms with Crippen LogP contribution in [0.2, 0.25) is 0 Å². The lowest BCUT2D eigenvalue weighted by Gasteiger charge is -2.10. The molecule has 2 aromatic rings. The van der Waals surface area contributed by atoms with E-state index in [2.05, 4.69) is 20.8 Å². The molecule has 1 saturated heterocycles. The molecule has 2 N–H and O–H groups in total. The first-order valence-electron chi connectivity index (χ1n) is 8.81. The van der Waals surface area contributed by atoms with E-state index in [1.54, 1.807) is 0 Å². The molecule has 1 atom stereocenters. The van der Waals surface area contributed by atoms with Crippen LogP contribution < -0.4 is 10.6 Å². The highest BCUT2D eigenvalue weighted by molar-refractivity contribution is 8.15. The van der Waals surface area contributed by atoms with Gasteiger partial charge in [-0.1, -0.05) is 62.0 Å². The minimum atomic E-state index is -0.506. The second-order valence-corrected chi connectivity index (χ2v) is 7.87. The van der Waals surface area contributed by atoms with Gasteiger partial charge in [0.1, 0.15) is 5.25 Å². The molecule has 6 nitrogen and oxygen atoms in total. The third-order valence-electron chi connectivity index (χ3n) is 4.35. The fourth-order valence-corrected chi connectivity index (χ4v) is 3.45. The van der Waals surface area contributed by atoms with Crippen molar-refractivity contribution in [2.45, 2.75) is 32.4 Å². The fourth-order valence-electron chi connectivity index (χ4n) is 2.53. The Morgan fingerprint density at radius 1 is 1.22 bits per heavy atom. The number of benzene rings is 2. The number of amides is 2. The molecule has 1 aliphatic heterocycles. The molecular formula is C20H22N4O2S. The second kappa shape index (κ2) is 8.35. The second-order valence-electron chi connectivity index (χ2n) is 6.68. The molecule has 1 aliphatic rings. The molecule has 0 aliphatic carbocycles. The first-order valence-corrected chi connectivity index (χ1v) is 9.69. The average molecular weight is 382 g/mol. The lowest BCUT2D eigenvalue weighted by atomic mass is 10.1. The summed E-state index contributed by atoms with van der Waals surface area (Å²) < 4.78 is 0. The monoisotopic (exact) mass is 382 g/mol. The predicted octanol–water partition coefficient (Wildman–Crippen LogP) is 3.79. The molecule has 2 aromatic carbocycles. The summed E-state index contributed by atoms with van der Waals surface area (Å²) in [5, 5.41) is 15.8. The molecule has 2 amide bonds. The maximum atomic E-state index is 12.4. The number of nitrogens with one attached hydrogen (secondary N) is 2. The third kappa shape index (κ3) is 4.74. The predicted molar refractivity (Wildman–Crippen MR) is 112 cm³/mol. The Morgan fingerprint density at radius 3 is 2.74 bits per heavy atom. The van der Waals surface area contributed by atoms with Crippen molar-refractivity contribution in [3.05, 3.63) is 42.5 Å². The summed E-state index contributed by atoms with van der Waals surface area (Å²) in [4.78, 5) is 24.6. The van der Waals surface area contributed by atoms with E-state index in [0.717, 1.165) is 22.2 Å². The average Bonchev–Trinajstić information content (AvgIpc) is 2.99. The van der Waals surface area contributed by atoms with Gasteiger partial charge >= 0.3 is 0 Å². The molecule has 0 unspecified atom stereocenters. The number of fused-ring (bicyclic) bond motifs is 1. The van der Waals surface area contributed by atoms with Crippen LogP contribution in [0.4, 0.5) is 5.69 Å². The SMILES string of the molecule is C/C(=N/N=C1\NC(=O)[C@@H](CC(=O)Nc2cccc3ccccc23)S1)C(C)C. The molecule has 27 heavy (non-hydrogen) atoms. The van der Waals surface area contributed by atoms with Crippen LogP contribution in [0.1, 0.15) is 27.2 Å². The number of anilines is 1. The van der Waals surface area contributed by atoms with Crippen LogP contribution in [-0.4, -0.2) is 27.9 Å². The summed E-state index contributed by atoms with van der Waals surface area (Å²) in [6.07, 6.45) is 0.0750. The van der Waals surface area contributed by atoms with Crippen molar-refractivity contribution >= 4 is 50.9 Å². The summed E-state index contributed by atoms with van der Waals surface area (Å²) in [6.45, 7) is 5.95. The van der Waals surface area contributed by atoms with Crippen molar-refractivity contribution in [3.63, 3.8) is 0 Å². The van der Waals surface area contributed by atoms with Crippen molar-refractivity contribution in [2.75, 3.05) is 5.32 Å². The van der Waals surface area contributed by atoms with Crippen molar-refractivity contribution in [3.8, 4) is 0 Å². The van der Waals surface area contributed by atoms with E-state index in [4.69, 9.17) is 0 Å². The maximum Gasteiger partial charge on any atom is 0.240 e. The van der Waals surface area contributed by atoms with Gasteiger partial charge in [-0.15, -0.1) is 5.10 Å². The number of hydrogen-bond acceptors (Lipinski definition) is 5. The van der Waals surface area contributed by atoms with E-state index in [-0.39, 0.29) is 18.2 Å². The maximum absolute atomic E-state index is 12.4. The molecule has 0 radical (unpaired) electrons. The molecule has 3 rings (SSSR count).